The highest BCUT2D eigenvalue weighted by Crippen LogP contribution is 2.27. The van der Waals surface area contributed by atoms with Crippen LogP contribution in [-0.4, -0.2) is 48.6 Å². The molecule has 2 heterocycles. The number of nitrogens with one attached hydrogen (secondary N) is 1. The van der Waals surface area contributed by atoms with Gasteiger partial charge in [0.05, 0.1) is 19.3 Å². The van der Waals surface area contributed by atoms with Gasteiger partial charge in [-0.15, -0.1) is 0 Å². The molecule has 2 saturated heterocycles. The monoisotopic (exact) mass is 277 g/mol. The topological polar surface area (TPSA) is 67.8 Å². The first kappa shape index (κ1) is 13.5. The third-order valence-electron chi connectivity index (χ3n) is 3.99. The predicted molar refractivity (Wildman–Crippen MR) is 72.6 cm³/mol. The normalized spacial score (nSPS) is 32.1. The Morgan fingerprint density at radius 3 is 2.85 bits per heavy atom. The number of amides is 1. The average molecular weight is 277 g/mol. The molecule has 0 saturated carbocycles. The van der Waals surface area contributed by atoms with Gasteiger partial charge in [0.1, 0.15) is 18.3 Å². The molecule has 3 rings (SSSR count). The van der Waals surface area contributed by atoms with Crippen molar-refractivity contribution in [2.75, 3.05) is 13.2 Å². The van der Waals surface area contributed by atoms with Gasteiger partial charge in [-0.25, -0.2) is 0 Å². The van der Waals surface area contributed by atoms with Gasteiger partial charge in [0.25, 0.3) is 5.91 Å². The Labute approximate surface area is 117 Å². The summed E-state index contributed by atoms with van der Waals surface area (Å²) in [6, 6.07) is 7.37. The van der Waals surface area contributed by atoms with E-state index in [0.29, 0.717) is 12.2 Å². The zero-order valence-corrected chi connectivity index (χ0v) is 11.4. The molecule has 20 heavy (non-hydrogen) atoms. The summed E-state index contributed by atoms with van der Waals surface area (Å²) >= 11 is 0. The number of aliphatic hydroxyl groups excluding tert-OH is 1. The fourth-order valence-electron chi connectivity index (χ4n) is 2.90. The lowest BCUT2D eigenvalue weighted by Crippen LogP contribution is -2.44. The van der Waals surface area contributed by atoms with Crippen molar-refractivity contribution in [2.24, 2.45) is 0 Å². The second-order valence-corrected chi connectivity index (χ2v) is 5.25. The summed E-state index contributed by atoms with van der Waals surface area (Å²) in [6.07, 6.45) is -0.347. The third-order valence-corrected chi connectivity index (χ3v) is 3.99. The molecule has 2 aliphatic heterocycles. The van der Waals surface area contributed by atoms with Gasteiger partial charge in [-0.1, -0.05) is 25.1 Å². The second-order valence-electron chi connectivity index (χ2n) is 5.25. The maximum atomic E-state index is 12.4. The van der Waals surface area contributed by atoms with E-state index in [1.54, 1.807) is 0 Å². The molecule has 5 heteroatoms. The van der Waals surface area contributed by atoms with Crippen molar-refractivity contribution in [3.05, 3.63) is 35.4 Å². The van der Waals surface area contributed by atoms with Gasteiger partial charge in [-0.2, -0.15) is 0 Å². The van der Waals surface area contributed by atoms with Gasteiger partial charge in [0.2, 0.25) is 0 Å². The zero-order valence-electron chi connectivity index (χ0n) is 11.4. The van der Waals surface area contributed by atoms with Gasteiger partial charge in [0, 0.05) is 5.56 Å². The Morgan fingerprint density at radius 2 is 2.05 bits per heavy atom. The number of rotatable bonds is 3. The number of ether oxygens (including phenoxy) is 2. The molecule has 1 aromatic carbocycles. The molecule has 5 nitrogen and oxygen atoms in total. The number of benzene rings is 1. The average Bonchev–Trinajstić information content (AvgIpc) is 3.03. The van der Waals surface area contributed by atoms with E-state index < -0.39 is 6.10 Å². The van der Waals surface area contributed by atoms with E-state index >= 15 is 0 Å². The number of hydrogen-bond donors (Lipinski definition) is 2. The van der Waals surface area contributed by atoms with Crippen LogP contribution in [0.3, 0.4) is 0 Å². The number of aliphatic hydroxyl groups is 1. The fourth-order valence-corrected chi connectivity index (χ4v) is 2.90. The molecule has 1 amide bonds. The SMILES string of the molecule is CCc1ccccc1C(=O)N[C@H]1CO[C@H]2[C@@H]1OC[C@@H]2O. The molecule has 2 N–H and O–H groups in total. The van der Waals surface area contributed by atoms with Crippen molar-refractivity contribution >= 4 is 5.91 Å². The van der Waals surface area contributed by atoms with Crippen LogP contribution >= 0.6 is 0 Å². The molecule has 0 radical (unpaired) electrons. The first-order chi connectivity index (χ1) is 9.70. The van der Waals surface area contributed by atoms with Crippen molar-refractivity contribution in [1.29, 1.82) is 0 Å². The molecule has 2 aliphatic rings. The van der Waals surface area contributed by atoms with E-state index in [0.717, 1.165) is 12.0 Å². The lowest BCUT2D eigenvalue weighted by Gasteiger charge is -2.18. The highest BCUT2D eigenvalue weighted by molar-refractivity contribution is 5.95. The minimum atomic E-state index is -0.593. The molecule has 1 aromatic rings. The molecule has 2 fully saturated rings. The lowest BCUT2D eigenvalue weighted by atomic mass is 10.0. The minimum Gasteiger partial charge on any atom is -0.388 e. The van der Waals surface area contributed by atoms with E-state index in [-0.39, 0.29) is 30.8 Å². The van der Waals surface area contributed by atoms with E-state index in [9.17, 15) is 9.90 Å². The summed E-state index contributed by atoms with van der Waals surface area (Å²) in [7, 11) is 0. The van der Waals surface area contributed by atoms with E-state index in [4.69, 9.17) is 9.47 Å². The Bertz CT molecular complexity index is 504. The fraction of sp³-hybridized carbons (Fsp3) is 0.533. The number of aryl methyl sites for hydroxylation is 1. The van der Waals surface area contributed by atoms with Crippen molar-refractivity contribution in [1.82, 2.24) is 5.32 Å². The maximum absolute atomic E-state index is 12.4. The van der Waals surface area contributed by atoms with Gasteiger partial charge in [0.15, 0.2) is 0 Å². The van der Waals surface area contributed by atoms with Gasteiger partial charge < -0.3 is 19.9 Å². The molecule has 0 unspecified atom stereocenters. The van der Waals surface area contributed by atoms with Crippen molar-refractivity contribution in [3.8, 4) is 0 Å². The first-order valence-corrected chi connectivity index (χ1v) is 7.00. The molecule has 0 bridgehead atoms. The second kappa shape index (κ2) is 5.52. The molecule has 0 spiro atoms. The smallest absolute Gasteiger partial charge is 0.251 e. The Balaban J connectivity index is 1.71. The lowest BCUT2D eigenvalue weighted by molar-refractivity contribution is 0.0178. The van der Waals surface area contributed by atoms with Crippen LogP contribution in [0.1, 0.15) is 22.8 Å². The van der Waals surface area contributed by atoms with Gasteiger partial charge in [-0.05, 0) is 18.1 Å². The van der Waals surface area contributed by atoms with E-state index in [1.807, 2.05) is 31.2 Å². The van der Waals surface area contributed by atoms with Crippen LogP contribution in [0.5, 0.6) is 0 Å². The highest BCUT2D eigenvalue weighted by atomic mass is 16.6. The quantitative estimate of drug-likeness (QED) is 0.844. The Hall–Kier alpha value is -1.43. The Morgan fingerprint density at radius 1 is 1.30 bits per heavy atom. The van der Waals surface area contributed by atoms with Crippen molar-refractivity contribution in [2.45, 2.75) is 37.7 Å². The first-order valence-electron chi connectivity index (χ1n) is 7.00. The summed E-state index contributed by atoms with van der Waals surface area (Å²) in [6.45, 7) is 2.68. The molecule has 108 valence electrons. The highest BCUT2D eigenvalue weighted by Gasteiger charge is 2.47. The van der Waals surface area contributed by atoms with Gasteiger partial charge >= 0.3 is 0 Å². The molecule has 4 atom stereocenters. The summed E-state index contributed by atoms with van der Waals surface area (Å²) in [4.78, 5) is 12.4. The summed E-state index contributed by atoms with van der Waals surface area (Å²) in [5.41, 5.74) is 1.71. The van der Waals surface area contributed by atoms with E-state index in [1.165, 1.54) is 0 Å². The molecular weight excluding hydrogens is 258 g/mol. The zero-order chi connectivity index (χ0) is 14.1. The maximum Gasteiger partial charge on any atom is 0.251 e. The third kappa shape index (κ3) is 2.32. The number of fused-ring (bicyclic) bond motifs is 1. The number of hydrogen-bond acceptors (Lipinski definition) is 4. The van der Waals surface area contributed by atoms with Crippen LogP contribution < -0.4 is 5.32 Å². The predicted octanol–water partition coefficient (Wildman–Crippen LogP) is 0.506. The summed E-state index contributed by atoms with van der Waals surface area (Å²) < 4.78 is 11.0. The van der Waals surface area contributed by atoms with Crippen LogP contribution in [0, 0.1) is 0 Å². The Kier molecular flexibility index (Phi) is 3.74. The van der Waals surface area contributed by atoms with Crippen LogP contribution in [0.2, 0.25) is 0 Å². The van der Waals surface area contributed by atoms with Crippen LogP contribution in [0.15, 0.2) is 24.3 Å². The summed E-state index contributed by atoms with van der Waals surface area (Å²) in [5, 5.41) is 12.6. The molecule has 0 aliphatic carbocycles. The largest absolute Gasteiger partial charge is 0.388 e. The van der Waals surface area contributed by atoms with Crippen LogP contribution in [-0.2, 0) is 15.9 Å². The van der Waals surface area contributed by atoms with Crippen molar-refractivity contribution < 1.29 is 19.4 Å². The number of carbonyl (C=O) groups excluding carboxylic acids is 1. The van der Waals surface area contributed by atoms with Crippen LogP contribution in [0.4, 0.5) is 0 Å². The van der Waals surface area contributed by atoms with Gasteiger partial charge in [-0.3, -0.25) is 4.79 Å². The van der Waals surface area contributed by atoms with Crippen molar-refractivity contribution in [3.63, 3.8) is 0 Å². The summed E-state index contributed by atoms with van der Waals surface area (Å²) in [5.74, 6) is -0.110. The standard InChI is InChI=1S/C15H19NO4/c1-2-9-5-3-4-6-10(9)15(18)16-11-7-19-14-12(17)8-20-13(11)14/h3-6,11-14,17H,2,7-8H2,1H3,(H,16,18)/t11-,12-,13+,14+/m0/s1. The number of carbonyl (C=O) groups is 1. The minimum absolute atomic E-state index is 0.110. The van der Waals surface area contributed by atoms with Crippen LogP contribution in [0.25, 0.3) is 0 Å². The molecule has 0 aromatic heterocycles. The molecular formula is C15H19NO4. The van der Waals surface area contributed by atoms with E-state index in [2.05, 4.69) is 5.32 Å².